The SMILES string of the molecule is Cc1nc(-c2ccccc2)c([N+](=O)[O-])cc1I. The van der Waals surface area contributed by atoms with Crippen molar-refractivity contribution in [2.45, 2.75) is 6.92 Å². The van der Waals surface area contributed by atoms with Crippen LogP contribution in [0.5, 0.6) is 0 Å². The van der Waals surface area contributed by atoms with Gasteiger partial charge in [0.1, 0.15) is 5.69 Å². The number of pyridine rings is 1. The standard InChI is InChI=1S/C12H9IN2O2/c1-8-10(13)7-11(15(16)17)12(14-8)9-5-3-2-4-6-9/h2-7H,1H3. The Morgan fingerprint density at radius 1 is 1.29 bits per heavy atom. The zero-order chi connectivity index (χ0) is 12.4. The molecule has 5 heteroatoms. The van der Waals surface area contributed by atoms with Crippen molar-refractivity contribution in [1.82, 2.24) is 4.98 Å². The molecule has 0 fully saturated rings. The van der Waals surface area contributed by atoms with Gasteiger partial charge >= 0.3 is 0 Å². The Kier molecular flexibility index (Phi) is 3.37. The monoisotopic (exact) mass is 340 g/mol. The second-order valence-electron chi connectivity index (χ2n) is 3.55. The summed E-state index contributed by atoms with van der Waals surface area (Å²) in [4.78, 5) is 14.9. The molecular formula is C12H9IN2O2. The van der Waals surface area contributed by atoms with E-state index in [1.54, 1.807) is 6.07 Å². The minimum atomic E-state index is -0.392. The summed E-state index contributed by atoms with van der Waals surface area (Å²) in [6.07, 6.45) is 0. The molecule has 0 radical (unpaired) electrons. The Balaban J connectivity index is 2.68. The lowest BCUT2D eigenvalue weighted by Gasteiger charge is -2.05. The molecule has 4 nitrogen and oxygen atoms in total. The molecule has 0 bridgehead atoms. The summed E-state index contributed by atoms with van der Waals surface area (Å²) in [5, 5.41) is 11.0. The average Bonchev–Trinajstić information content (AvgIpc) is 2.33. The molecule has 0 amide bonds. The summed E-state index contributed by atoms with van der Waals surface area (Å²) >= 11 is 2.05. The molecule has 2 aromatic rings. The first-order valence-corrected chi connectivity index (χ1v) is 6.04. The maximum Gasteiger partial charge on any atom is 0.296 e. The van der Waals surface area contributed by atoms with Crippen LogP contribution in [-0.2, 0) is 0 Å². The topological polar surface area (TPSA) is 56.0 Å². The van der Waals surface area contributed by atoms with Gasteiger partial charge < -0.3 is 0 Å². The zero-order valence-corrected chi connectivity index (χ0v) is 11.2. The third-order valence-corrected chi connectivity index (χ3v) is 3.47. The normalized spacial score (nSPS) is 10.2. The number of halogens is 1. The molecule has 1 heterocycles. The minimum Gasteiger partial charge on any atom is -0.258 e. The van der Waals surface area contributed by atoms with Crippen molar-refractivity contribution in [2.75, 3.05) is 0 Å². The summed E-state index contributed by atoms with van der Waals surface area (Å²) in [6, 6.07) is 10.8. The Hall–Kier alpha value is -1.50. The Labute approximate surface area is 112 Å². The van der Waals surface area contributed by atoms with Crippen molar-refractivity contribution in [3.63, 3.8) is 0 Å². The van der Waals surface area contributed by atoms with E-state index in [0.717, 1.165) is 14.8 Å². The summed E-state index contributed by atoms with van der Waals surface area (Å²) in [7, 11) is 0. The van der Waals surface area contributed by atoms with Gasteiger partial charge in [0.25, 0.3) is 5.69 Å². The smallest absolute Gasteiger partial charge is 0.258 e. The molecule has 1 aromatic carbocycles. The predicted octanol–water partition coefficient (Wildman–Crippen LogP) is 3.57. The van der Waals surface area contributed by atoms with Gasteiger partial charge in [-0.1, -0.05) is 30.3 Å². The first kappa shape index (κ1) is 12.0. The first-order chi connectivity index (χ1) is 8.09. The zero-order valence-electron chi connectivity index (χ0n) is 9.05. The van der Waals surface area contributed by atoms with Gasteiger partial charge in [0.05, 0.1) is 10.6 Å². The Bertz CT molecular complexity index is 570. The molecule has 0 atom stereocenters. The second-order valence-corrected chi connectivity index (χ2v) is 4.71. The first-order valence-electron chi connectivity index (χ1n) is 4.96. The van der Waals surface area contributed by atoms with Crippen molar-refractivity contribution in [2.24, 2.45) is 0 Å². The van der Waals surface area contributed by atoms with Gasteiger partial charge in [0.2, 0.25) is 0 Å². The maximum absolute atomic E-state index is 11.0. The number of nitro groups is 1. The maximum atomic E-state index is 11.0. The fourth-order valence-electron chi connectivity index (χ4n) is 1.52. The number of aryl methyl sites for hydroxylation is 1. The van der Waals surface area contributed by atoms with Gasteiger partial charge in [0.15, 0.2) is 0 Å². The highest BCUT2D eigenvalue weighted by Gasteiger charge is 2.18. The molecule has 86 valence electrons. The van der Waals surface area contributed by atoms with Crippen LogP contribution in [-0.4, -0.2) is 9.91 Å². The minimum absolute atomic E-state index is 0.0474. The third kappa shape index (κ3) is 2.44. The van der Waals surface area contributed by atoms with E-state index in [9.17, 15) is 10.1 Å². The van der Waals surface area contributed by atoms with Gasteiger partial charge in [-0.05, 0) is 29.5 Å². The van der Waals surface area contributed by atoms with Gasteiger partial charge in [-0.25, -0.2) is 4.98 Å². The number of hydrogen-bond donors (Lipinski definition) is 0. The van der Waals surface area contributed by atoms with Crippen LogP contribution in [0.4, 0.5) is 5.69 Å². The van der Waals surface area contributed by atoms with Crippen LogP contribution in [0.1, 0.15) is 5.69 Å². The summed E-state index contributed by atoms with van der Waals surface area (Å²) < 4.78 is 0.800. The molecular weight excluding hydrogens is 331 g/mol. The molecule has 0 aliphatic carbocycles. The molecule has 0 unspecified atom stereocenters. The van der Waals surface area contributed by atoms with Crippen molar-refractivity contribution in [1.29, 1.82) is 0 Å². The van der Waals surface area contributed by atoms with Crippen LogP contribution < -0.4 is 0 Å². The summed E-state index contributed by atoms with van der Waals surface area (Å²) in [6.45, 7) is 1.85. The van der Waals surface area contributed by atoms with Crippen molar-refractivity contribution in [3.05, 3.63) is 55.8 Å². The van der Waals surface area contributed by atoms with Gasteiger partial charge in [-0.15, -0.1) is 0 Å². The molecule has 0 saturated heterocycles. The van der Waals surface area contributed by atoms with Crippen molar-refractivity contribution < 1.29 is 4.92 Å². The van der Waals surface area contributed by atoms with Gasteiger partial charge in [-0.3, -0.25) is 10.1 Å². The highest BCUT2D eigenvalue weighted by Crippen LogP contribution is 2.30. The molecule has 0 N–H and O–H groups in total. The lowest BCUT2D eigenvalue weighted by atomic mass is 10.1. The van der Waals surface area contributed by atoms with E-state index in [1.807, 2.05) is 37.3 Å². The molecule has 1 aromatic heterocycles. The molecule has 17 heavy (non-hydrogen) atoms. The predicted molar refractivity (Wildman–Crippen MR) is 73.8 cm³/mol. The lowest BCUT2D eigenvalue weighted by molar-refractivity contribution is -0.384. The van der Waals surface area contributed by atoms with E-state index in [-0.39, 0.29) is 5.69 Å². The van der Waals surface area contributed by atoms with Gasteiger partial charge in [0, 0.05) is 15.2 Å². The van der Waals surface area contributed by atoms with E-state index in [2.05, 4.69) is 27.6 Å². The number of benzene rings is 1. The van der Waals surface area contributed by atoms with E-state index in [1.165, 1.54) is 0 Å². The fraction of sp³-hybridized carbons (Fsp3) is 0.0833. The molecule has 2 rings (SSSR count). The van der Waals surface area contributed by atoms with Crippen LogP contribution in [0.3, 0.4) is 0 Å². The van der Waals surface area contributed by atoms with Crippen LogP contribution in [0.25, 0.3) is 11.3 Å². The quantitative estimate of drug-likeness (QED) is 0.477. The van der Waals surface area contributed by atoms with Crippen LogP contribution in [0.2, 0.25) is 0 Å². The Morgan fingerprint density at radius 2 is 1.94 bits per heavy atom. The second kappa shape index (κ2) is 4.79. The molecule has 0 saturated carbocycles. The van der Waals surface area contributed by atoms with E-state index in [0.29, 0.717) is 5.69 Å². The average molecular weight is 340 g/mol. The summed E-state index contributed by atoms with van der Waals surface area (Å²) in [5.74, 6) is 0. The fourth-order valence-corrected chi connectivity index (χ4v) is 1.93. The molecule has 0 aliphatic heterocycles. The number of hydrogen-bond acceptors (Lipinski definition) is 3. The third-order valence-electron chi connectivity index (χ3n) is 2.38. The van der Waals surface area contributed by atoms with Gasteiger partial charge in [-0.2, -0.15) is 0 Å². The van der Waals surface area contributed by atoms with E-state index < -0.39 is 4.92 Å². The largest absolute Gasteiger partial charge is 0.296 e. The van der Waals surface area contributed by atoms with Crippen molar-refractivity contribution in [3.8, 4) is 11.3 Å². The number of rotatable bonds is 2. The van der Waals surface area contributed by atoms with Crippen LogP contribution >= 0.6 is 22.6 Å². The number of nitrogens with zero attached hydrogens (tertiary/aromatic N) is 2. The van der Waals surface area contributed by atoms with E-state index >= 15 is 0 Å². The van der Waals surface area contributed by atoms with Crippen LogP contribution in [0.15, 0.2) is 36.4 Å². The highest BCUT2D eigenvalue weighted by atomic mass is 127. The summed E-state index contributed by atoms with van der Waals surface area (Å²) in [5.41, 5.74) is 2.04. The Morgan fingerprint density at radius 3 is 2.53 bits per heavy atom. The molecule has 0 aliphatic rings. The lowest BCUT2D eigenvalue weighted by Crippen LogP contribution is -1.98. The highest BCUT2D eigenvalue weighted by molar-refractivity contribution is 14.1. The number of aromatic nitrogens is 1. The van der Waals surface area contributed by atoms with E-state index in [4.69, 9.17) is 0 Å². The molecule has 0 spiro atoms. The van der Waals surface area contributed by atoms with Crippen molar-refractivity contribution >= 4 is 28.3 Å². The van der Waals surface area contributed by atoms with Crippen LogP contribution in [0, 0.1) is 20.6 Å².